The van der Waals surface area contributed by atoms with Crippen LogP contribution in [0.25, 0.3) is 16.9 Å². The molecule has 158 valence electrons. The van der Waals surface area contributed by atoms with Gasteiger partial charge in [-0.05, 0) is 43.3 Å². The van der Waals surface area contributed by atoms with E-state index in [0.29, 0.717) is 34.0 Å². The molecule has 2 aromatic carbocycles. The van der Waals surface area contributed by atoms with Crippen molar-refractivity contribution >= 4 is 22.8 Å². The Morgan fingerprint density at radius 2 is 1.77 bits per heavy atom. The topological polar surface area (TPSA) is 87.4 Å². The van der Waals surface area contributed by atoms with Crippen LogP contribution in [0.15, 0.2) is 65.6 Å². The molecule has 0 aliphatic heterocycles. The lowest BCUT2D eigenvalue weighted by Crippen LogP contribution is -2.28. The van der Waals surface area contributed by atoms with Crippen molar-refractivity contribution in [1.29, 1.82) is 0 Å². The van der Waals surface area contributed by atoms with Crippen LogP contribution < -0.4 is 20.5 Å². The minimum Gasteiger partial charge on any atom is -0.493 e. The van der Waals surface area contributed by atoms with E-state index >= 15 is 0 Å². The Kier molecular flexibility index (Phi) is 5.44. The number of nitrogens with zero attached hydrogens (tertiary/aromatic N) is 3. The summed E-state index contributed by atoms with van der Waals surface area (Å²) in [5.41, 5.74) is 3.06. The van der Waals surface area contributed by atoms with Gasteiger partial charge in [-0.3, -0.25) is 9.36 Å². The Balaban J connectivity index is 1.67. The number of aromatic nitrogens is 3. The molecule has 8 nitrogen and oxygen atoms in total. The SMILES string of the molecule is COc1ccc(NC(=O)Cn2c(=O)n(-c3ccc(C)cc3)c3ncccc32)cc1OC. The summed E-state index contributed by atoms with van der Waals surface area (Å²) in [6, 6.07) is 16.2. The molecular weight excluding hydrogens is 396 g/mol. The molecule has 2 aromatic heterocycles. The lowest BCUT2D eigenvalue weighted by atomic mass is 10.2. The third-order valence-corrected chi connectivity index (χ3v) is 4.95. The number of aryl methyl sites for hydroxylation is 1. The molecule has 0 spiro atoms. The molecule has 0 aliphatic rings. The van der Waals surface area contributed by atoms with Gasteiger partial charge in [0.05, 0.1) is 25.4 Å². The fourth-order valence-corrected chi connectivity index (χ4v) is 3.42. The standard InChI is InChI=1S/C23H22N4O4/c1-15-6-9-17(10-7-15)27-22-18(5-4-12-24-22)26(23(27)29)14-21(28)25-16-8-11-19(30-2)20(13-16)31-3/h4-13H,14H2,1-3H3,(H,25,28). The summed E-state index contributed by atoms with van der Waals surface area (Å²) in [6.07, 6.45) is 1.63. The number of ether oxygens (including phenoxy) is 2. The third kappa shape index (κ3) is 3.87. The first-order chi connectivity index (χ1) is 15.0. The predicted octanol–water partition coefficient (Wildman–Crippen LogP) is 3.15. The molecule has 1 N–H and O–H groups in total. The van der Waals surface area contributed by atoms with Crippen LogP contribution in [0.1, 0.15) is 5.56 Å². The highest BCUT2D eigenvalue weighted by molar-refractivity contribution is 5.92. The average molecular weight is 418 g/mol. The molecule has 0 atom stereocenters. The van der Waals surface area contributed by atoms with E-state index in [1.165, 1.54) is 16.2 Å². The number of carbonyl (C=O) groups excluding carboxylic acids is 1. The maximum absolute atomic E-state index is 13.2. The van der Waals surface area contributed by atoms with E-state index < -0.39 is 0 Å². The zero-order valence-electron chi connectivity index (χ0n) is 17.5. The minimum absolute atomic E-state index is 0.158. The van der Waals surface area contributed by atoms with Gasteiger partial charge in [-0.2, -0.15) is 0 Å². The van der Waals surface area contributed by atoms with Crippen LogP contribution in [-0.2, 0) is 11.3 Å². The average Bonchev–Trinajstić information content (AvgIpc) is 3.05. The Labute approximate surface area is 178 Å². The number of hydrogen-bond donors (Lipinski definition) is 1. The molecule has 0 unspecified atom stereocenters. The Bertz CT molecular complexity index is 1310. The van der Waals surface area contributed by atoms with E-state index in [1.807, 2.05) is 31.2 Å². The van der Waals surface area contributed by atoms with Crippen molar-refractivity contribution in [2.45, 2.75) is 13.5 Å². The smallest absolute Gasteiger partial charge is 0.335 e. The normalized spacial score (nSPS) is 10.8. The largest absolute Gasteiger partial charge is 0.493 e. The van der Waals surface area contributed by atoms with E-state index in [2.05, 4.69) is 10.3 Å². The molecule has 8 heteroatoms. The van der Waals surface area contributed by atoms with Crippen molar-refractivity contribution in [2.24, 2.45) is 0 Å². The Hall–Kier alpha value is -4.07. The molecule has 0 fully saturated rings. The van der Waals surface area contributed by atoms with Gasteiger partial charge in [-0.15, -0.1) is 0 Å². The lowest BCUT2D eigenvalue weighted by Gasteiger charge is -2.11. The Morgan fingerprint density at radius 3 is 2.48 bits per heavy atom. The van der Waals surface area contributed by atoms with Gasteiger partial charge in [-0.1, -0.05) is 17.7 Å². The van der Waals surface area contributed by atoms with Gasteiger partial charge >= 0.3 is 5.69 Å². The van der Waals surface area contributed by atoms with Gasteiger partial charge in [0.2, 0.25) is 5.91 Å². The first kappa shape index (κ1) is 20.2. The number of hydrogen-bond acceptors (Lipinski definition) is 5. The first-order valence-corrected chi connectivity index (χ1v) is 9.67. The molecular formula is C23H22N4O4. The van der Waals surface area contributed by atoms with Crippen LogP contribution in [0.4, 0.5) is 5.69 Å². The van der Waals surface area contributed by atoms with Crippen LogP contribution in [0.5, 0.6) is 11.5 Å². The molecule has 4 aromatic rings. The second-order valence-corrected chi connectivity index (χ2v) is 7.00. The first-order valence-electron chi connectivity index (χ1n) is 9.67. The van der Waals surface area contributed by atoms with Crippen molar-refractivity contribution in [3.8, 4) is 17.2 Å². The summed E-state index contributed by atoms with van der Waals surface area (Å²) in [4.78, 5) is 30.3. The molecule has 0 radical (unpaired) electrons. The van der Waals surface area contributed by atoms with Gasteiger partial charge in [0, 0.05) is 18.0 Å². The molecule has 4 rings (SSSR count). The quantitative estimate of drug-likeness (QED) is 0.520. The van der Waals surface area contributed by atoms with E-state index in [4.69, 9.17) is 9.47 Å². The number of benzene rings is 2. The number of carbonyl (C=O) groups is 1. The van der Waals surface area contributed by atoms with Crippen LogP contribution in [-0.4, -0.2) is 34.2 Å². The van der Waals surface area contributed by atoms with Crippen LogP contribution >= 0.6 is 0 Å². The molecule has 0 bridgehead atoms. The summed E-state index contributed by atoms with van der Waals surface area (Å²) in [7, 11) is 3.07. The molecule has 31 heavy (non-hydrogen) atoms. The Morgan fingerprint density at radius 1 is 1.03 bits per heavy atom. The number of amides is 1. The number of pyridine rings is 1. The van der Waals surface area contributed by atoms with Crippen LogP contribution in [0, 0.1) is 6.92 Å². The fraction of sp³-hybridized carbons (Fsp3) is 0.174. The highest BCUT2D eigenvalue weighted by Crippen LogP contribution is 2.29. The maximum Gasteiger partial charge on any atom is 0.335 e. The monoisotopic (exact) mass is 418 g/mol. The van der Waals surface area contributed by atoms with Crippen molar-refractivity contribution in [2.75, 3.05) is 19.5 Å². The van der Waals surface area contributed by atoms with Gasteiger partial charge in [0.15, 0.2) is 17.1 Å². The number of rotatable bonds is 6. The van der Waals surface area contributed by atoms with Crippen molar-refractivity contribution in [1.82, 2.24) is 14.1 Å². The number of fused-ring (bicyclic) bond motifs is 1. The number of anilines is 1. The summed E-state index contributed by atoms with van der Waals surface area (Å²) in [6.45, 7) is 1.82. The molecule has 0 aliphatic carbocycles. The van der Waals surface area contributed by atoms with E-state index in [0.717, 1.165) is 5.56 Å². The van der Waals surface area contributed by atoms with Gasteiger partial charge in [0.25, 0.3) is 0 Å². The highest BCUT2D eigenvalue weighted by atomic mass is 16.5. The highest BCUT2D eigenvalue weighted by Gasteiger charge is 2.18. The van der Waals surface area contributed by atoms with E-state index in [1.54, 1.807) is 43.6 Å². The third-order valence-electron chi connectivity index (χ3n) is 4.95. The summed E-state index contributed by atoms with van der Waals surface area (Å²) >= 11 is 0. The summed E-state index contributed by atoms with van der Waals surface area (Å²) < 4.78 is 13.4. The van der Waals surface area contributed by atoms with Crippen molar-refractivity contribution in [3.05, 3.63) is 76.8 Å². The second kappa shape index (κ2) is 8.35. The zero-order valence-corrected chi connectivity index (χ0v) is 17.5. The van der Waals surface area contributed by atoms with Crippen molar-refractivity contribution < 1.29 is 14.3 Å². The van der Waals surface area contributed by atoms with Gasteiger partial charge in [-0.25, -0.2) is 14.3 Å². The molecule has 0 saturated heterocycles. The zero-order chi connectivity index (χ0) is 22.0. The summed E-state index contributed by atoms with van der Waals surface area (Å²) in [5, 5.41) is 2.80. The second-order valence-electron chi connectivity index (χ2n) is 7.00. The molecule has 2 heterocycles. The molecule has 1 amide bonds. The van der Waals surface area contributed by atoms with Crippen LogP contribution in [0.2, 0.25) is 0 Å². The lowest BCUT2D eigenvalue weighted by molar-refractivity contribution is -0.116. The number of methoxy groups -OCH3 is 2. The fourth-order valence-electron chi connectivity index (χ4n) is 3.42. The summed E-state index contributed by atoms with van der Waals surface area (Å²) in [5.74, 6) is 0.711. The number of imidazole rings is 1. The minimum atomic E-state index is -0.346. The molecule has 0 saturated carbocycles. The van der Waals surface area contributed by atoms with E-state index in [-0.39, 0.29) is 18.1 Å². The van der Waals surface area contributed by atoms with Crippen molar-refractivity contribution in [3.63, 3.8) is 0 Å². The predicted molar refractivity (Wildman–Crippen MR) is 118 cm³/mol. The van der Waals surface area contributed by atoms with Gasteiger partial charge < -0.3 is 14.8 Å². The van der Waals surface area contributed by atoms with Crippen LogP contribution in [0.3, 0.4) is 0 Å². The van der Waals surface area contributed by atoms with Gasteiger partial charge in [0.1, 0.15) is 6.54 Å². The maximum atomic E-state index is 13.2. The van der Waals surface area contributed by atoms with E-state index in [9.17, 15) is 9.59 Å². The number of nitrogens with one attached hydrogen (secondary N) is 1.